The largest absolute Gasteiger partial charge is 0.459 e. The second-order valence-electron chi connectivity index (χ2n) is 6.06. The first-order valence-corrected chi connectivity index (χ1v) is 8.78. The van der Waals surface area contributed by atoms with Gasteiger partial charge in [-0.2, -0.15) is 0 Å². The Morgan fingerprint density at radius 2 is 1.52 bits per heavy atom. The molecule has 3 heterocycles. The minimum absolute atomic E-state index is 0.371. The minimum atomic E-state index is 0.371. The van der Waals surface area contributed by atoms with Crippen molar-refractivity contribution in [1.29, 1.82) is 0 Å². The summed E-state index contributed by atoms with van der Waals surface area (Å²) in [6.45, 7) is 3.94. The van der Waals surface area contributed by atoms with Crippen molar-refractivity contribution in [3.63, 3.8) is 0 Å². The molecular weight excluding hydrogens is 346 g/mol. The van der Waals surface area contributed by atoms with E-state index in [1.54, 1.807) is 18.4 Å². The Labute approximate surface area is 155 Å². The Hall–Kier alpha value is -3.26. The van der Waals surface area contributed by atoms with Crippen LogP contribution in [0.3, 0.4) is 0 Å². The van der Waals surface area contributed by atoms with Crippen molar-refractivity contribution in [3.05, 3.63) is 60.5 Å². The second-order valence-corrected chi connectivity index (χ2v) is 6.06. The highest BCUT2D eigenvalue weighted by atomic mass is 16.4. The summed E-state index contributed by atoms with van der Waals surface area (Å²) in [7, 11) is 0. The van der Waals surface area contributed by atoms with Crippen LogP contribution in [0.1, 0.15) is 25.1 Å². The molecule has 3 aromatic heterocycles. The molecular formula is C19H19N5O3. The van der Waals surface area contributed by atoms with E-state index in [0.717, 1.165) is 18.5 Å². The summed E-state index contributed by atoms with van der Waals surface area (Å²) in [6.07, 6.45) is 2.54. The molecule has 138 valence electrons. The average Bonchev–Trinajstić information content (AvgIpc) is 3.44. The van der Waals surface area contributed by atoms with Crippen LogP contribution in [0.25, 0.3) is 23.1 Å². The summed E-state index contributed by atoms with van der Waals surface area (Å²) in [4.78, 5) is 2.13. The van der Waals surface area contributed by atoms with Crippen LogP contribution in [0.5, 0.6) is 0 Å². The molecule has 0 N–H and O–H groups in total. The highest BCUT2D eigenvalue weighted by Gasteiger charge is 2.17. The molecule has 0 amide bonds. The summed E-state index contributed by atoms with van der Waals surface area (Å²) in [6, 6.07) is 13.3. The minimum Gasteiger partial charge on any atom is -0.459 e. The van der Waals surface area contributed by atoms with Crippen molar-refractivity contribution >= 4 is 0 Å². The van der Waals surface area contributed by atoms with Gasteiger partial charge in [0.25, 0.3) is 5.89 Å². The molecule has 0 spiro atoms. The van der Waals surface area contributed by atoms with Gasteiger partial charge in [0.2, 0.25) is 17.7 Å². The molecule has 4 aromatic rings. The van der Waals surface area contributed by atoms with Crippen LogP contribution in [-0.2, 0) is 13.1 Å². The highest BCUT2D eigenvalue weighted by Crippen LogP contribution is 2.20. The molecule has 8 heteroatoms. The molecule has 0 aliphatic rings. The fraction of sp³-hybridized carbons (Fsp3) is 0.263. The van der Waals surface area contributed by atoms with Crippen LogP contribution in [0, 0.1) is 0 Å². The third-order valence-electron chi connectivity index (χ3n) is 3.94. The lowest BCUT2D eigenvalue weighted by Crippen LogP contribution is -2.24. The lowest BCUT2D eigenvalue weighted by Gasteiger charge is -2.17. The summed E-state index contributed by atoms with van der Waals surface area (Å²) < 4.78 is 16.8. The predicted octanol–water partition coefficient (Wildman–Crippen LogP) is 3.79. The number of hydrogen-bond acceptors (Lipinski definition) is 8. The van der Waals surface area contributed by atoms with E-state index in [1.165, 1.54) is 0 Å². The SMILES string of the molecule is CCCN(Cc1nnc(-c2ccccc2)o1)Cc1nnc(-c2ccco2)o1. The Morgan fingerprint density at radius 1 is 0.815 bits per heavy atom. The van der Waals surface area contributed by atoms with Gasteiger partial charge < -0.3 is 13.3 Å². The van der Waals surface area contributed by atoms with E-state index in [9.17, 15) is 0 Å². The van der Waals surface area contributed by atoms with E-state index in [2.05, 4.69) is 32.2 Å². The van der Waals surface area contributed by atoms with Crippen LogP contribution in [0.15, 0.2) is 62.0 Å². The number of benzene rings is 1. The molecule has 4 rings (SSSR count). The van der Waals surface area contributed by atoms with Crippen molar-refractivity contribution in [2.75, 3.05) is 6.54 Å². The Kier molecular flexibility index (Phi) is 5.06. The monoisotopic (exact) mass is 365 g/mol. The summed E-state index contributed by atoms with van der Waals surface area (Å²) in [5.41, 5.74) is 0.901. The van der Waals surface area contributed by atoms with Crippen LogP contribution in [0.4, 0.5) is 0 Å². The number of hydrogen-bond donors (Lipinski definition) is 0. The van der Waals surface area contributed by atoms with E-state index in [1.807, 2.05) is 30.3 Å². The maximum Gasteiger partial charge on any atom is 0.283 e. The number of aromatic nitrogens is 4. The average molecular weight is 365 g/mol. The van der Waals surface area contributed by atoms with Crippen molar-refractivity contribution in [2.45, 2.75) is 26.4 Å². The van der Waals surface area contributed by atoms with Gasteiger partial charge in [0.15, 0.2) is 5.76 Å². The van der Waals surface area contributed by atoms with E-state index in [0.29, 0.717) is 42.4 Å². The highest BCUT2D eigenvalue weighted by molar-refractivity contribution is 5.51. The van der Waals surface area contributed by atoms with Gasteiger partial charge in [0.05, 0.1) is 19.4 Å². The van der Waals surface area contributed by atoms with Crippen molar-refractivity contribution < 1.29 is 13.3 Å². The first kappa shape index (κ1) is 17.2. The van der Waals surface area contributed by atoms with Gasteiger partial charge >= 0.3 is 0 Å². The topological polar surface area (TPSA) is 94.2 Å². The molecule has 0 unspecified atom stereocenters. The fourth-order valence-corrected chi connectivity index (χ4v) is 2.75. The smallest absolute Gasteiger partial charge is 0.283 e. The van der Waals surface area contributed by atoms with E-state index < -0.39 is 0 Å². The maximum atomic E-state index is 5.80. The van der Waals surface area contributed by atoms with E-state index >= 15 is 0 Å². The zero-order valence-electron chi connectivity index (χ0n) is 14.9. The first-order valence-electron chi connectivity index (χ1n) is 8.78. The Balaban J connectivity index is 1.45. The van der Waals surface area contributed by atoms with Gasteiger partial charge in [-0.1, -0.05) is 25.1 Å². The zero-order valence-corrected chi connectivity index (χ0v) is 14.9. The summed E-state index contributed by atoms with van der Waals surface area (Å²) >= 11 is 0. The third kappa shape index (κ3) is 4.12. The fourth-order valence-electron chi connectivity index (χ4n) is 2.75. The summed E-state index contributed by atoms with van der Waals surface area (Å²) in [5, 5.41) is 16.4. The zero-order chi connectivity index (χ0) is 18.5. The lowest BCUT2D eigenvalue weighted by molar-refractivity contribution is 0.211. The molecule has 0 atom stereocenters. The third-order valence-corrected chi connectivity index (χ3v) is 3.94. The lowest BCUT2D eigenvalue weighted by atomic mass is 10.2. The number of nitrogens with zero attached hydrogens (tertiary/aromatic N) is 5. The van der Waals surface area contributed by atoms with Crippen molar-refractivity contribution in [3.8, 4) is 23.1 Å². The van der Waals surface area contributed by atoms with Gasteiger partial charge in [-0.3, -0.25) is 4.90 Å². The van der Waals surface area contributed by atoms with Crippen LogP contribution >= 0.6 is 0 Å². The molecule has 0 aliphatic carbocycles. The second kappa shape index (κ2) is 7.96. The molecule has 0 saturated heterocycles. The Bertz CT molecular complexity index is 962. The first-order chi connectivity index (χ1) is 13.3. The molecule has 27 heavy (non-hydrogen) atoms. The van der Waals surface area contributed by atoms with Gasteiger partial charge in [-0.25, -0.2) is 0 Å². The van der Waals surface area contributed by atoms with Crippen LogP contribution < -0.4 is 0 Å². The predicted molar refractivity (Wildman–Crippen MR) is 96.1 cm³/mol. The normalized spacial score (nSPS) is 11.3. The quantitative estimate of drug-likeness (QED) is 0.465. The van der Waals surface area contributed by atoms with Gasteiger partial charge in [-0.05, 0) is 37.2 Å². The molecule has 0 aliphatic heterocycles. The van der Waals surface area contributed by atoms with Crippen LogP contribution in [-0.4, -0.2) is 31.8 Å². The van der Waals surface area contributed by atoms with Gasteiger partial charge in [0, 0.05) is 5.56 Å². The van der Waals surface area contributed by atoms with Crippen molar-refractivity contribution in [2.24, 2.45) is 0 Å². The molecule has 0 bridgehead atoms. The van der Waals surface area contributed by atoms with Gasteiger partial charge in [-0.15, -0.1) is 20.4 Å². The van der Waals surface area contributed by atoms with Gasteiger partial charge in [0.1, 0.15) is 0 Å². The summed E-state index contributed by atoms with van der Waals surface area (Å²) in [5.74, 6) is 2.50. The van der Waals surface area contributed by atoms with E-state index in [-0.39, 0.29) is 0 Å². The molecule has 8 nitrogen and oxygen atoms in total. The van der Waals surface area contributed by atoms with E-state index in [4.69, 9.17) is 13.3 Å². The Morgan fingerprint density at radius 3 is 2.19 bits per heavy atom. The molecule has 1 aromatic carbocycles. The standard InChI is InChI=1S/C19H19N5O3/c1-2-10-24(13-17-21-23-19(27-17)15-9-6-11-25-15)12-16-20-22-18(26-16)14-7-4-3-5-8-14/h3-9,11H,2,10,12-13H2,1H3. The number of rotatable bonds is 8. The number of furan rings is 1. The van der Waals surface area contributed by atoms with Crippen molar-refractivity contribution in [1.82, 2.24) is 25.3 Å². The van der Waals surface area contributed by atoms with Crippen LogP contribution in [0.2, 0.25) is 0 Å². The molecule has 0 saturated carbocycles. The maximum absolute atomic E-state index is 5.80. The molecule has 0 fully saturated rings. The molecule has 0 radical (unpaired) electrons.